The van der Waals surface area contributed by atoms with Gasteiger partial charge in [-0.25, -0.2) is 4.98 Å². The van der Waals surface area contributed by atoms with Gasteiger partial charge in [-0.15, -0.1) is 0 Å². The number of hydrogen-bond donors (Lipinski definition) is 1. The van der Waals surface area contributed by atoms with Crippen molar-refractivity contribution in [2.24, 2.45) is 0 Å². The molecular weight excluding hydrogens is 202 g/mol. The summed E-state index contributed by atoms with van der Waals surface area (Å²) in [6, 6.07) is 1.80. The molecular formula is C8H9ClN5. The molecule has 0 fully saturated rings. The molecule has 0 atom stereocenters. The second-order valence-electron chi connectivity index (χ2n) is 2.75. The third-order valence-electron chi connectivity index (χ3n) is 1.87. The molecule has 2 aromatic rings. The lowest BCUT2D eigenvalue weighted by Crippen LogP contribution is -2.02. The number of hydrogen-bond acceptors (Lipinski definition) is 3. The number of aryl methyl sites for hydroxylation is 1. The molecule has 0 saturated heterocycles. The SMILES string of the molecule is CCc1cc(N)n2ncc(Cl)c2n1.[N]. The zero-order valence-electron chi connectivity index (χ0n) is 7.61. The molecule has 0 aliphatic carbocycles. The van der Waals surface area contributed by atoms with Gasteiger partial charge in [0.1, 0.15) is 10.8 Å². The van der Waals surface area contributed by atoms with Gasteiger partial charge in [0.25, 0.3) is 0 Å². The first-order chi connectivity index (χ1) is 6.22. The summed E-state index contributed by atoms with van der Waals surface area (Å²) in [6.45, 7) is 2.02. The highest BCUT2D eigenvalue weighted by atomic mass is 35.5. The van der Waals surface area contributed by atoms with Gasteiger partial charge in [-0.1, -0.05) is 18.5 Å². The van der Waals surface area contributed by atoms with E-state index in [1.165, 1.54) is 4.52 Å². The number of anilines is 1. The van der Waals surface area contributed by atoms with Crippen LogP contribution in [0, 0.1) is 0 Å². The fraction of sp³-hybridized carbons (Fsp3) is 0.250. The lowest BCUT2D eigenvalue weighted by Gasteiger charge is -2.01. The Balaban J connectivity index is 0.000000980. The first-order valence-corrected chi connectivity index (χ1v) is 4.38. The van der Waals surface area contributed by atoms with Crippen LogP contribution in [-0.4, -0.2) is 14.6 Å². The Hall–Kier alpha value is -1.33. The second kappa shape index (κ2) is 3.81. The van der Waals surface area contributed by atoms with Gasteiger partial charge in [0, 0.05) is 17.9 Å². The summed E-state index contributed by atoms with van der Waals surface area (Å²) in [5.41, 5.74) is 7.29. The van der Waals surface area contributed by atoms with Gasteiger partial charge in [0.2, 0.25) is 0 Å². The molecule has 2 rings (SSSR count). The minimum absolute atomic E-state index is 0. The quantitative estimate of drug-likeness (QED) is 0.763. The minimum Gasteiger partial charge on any atom is -0.384 e. The average Bonchev–Trinajstić information content (AvgIpc) is 2.48. The van der Waals surface area contributed by atoms with Gasteiger partial charge in [-0.3, -0.25) is 0 Å². The first kappa shape index (κ1) is 10.7. The fourth-order valence-corrected chi connectivity index (χ4v) is 1.36. The van der Waals surface area contributed by atoms with E-state index >= 15 is 0 Å². The van der Waals surface area contributed by atoms with Crippen LogP contribution in [0.15, 0.2) is 12.3 Å². The molecule has 14 heavy (non-hydrogen) atoms. The normalized spacial score (nSPS) is 10.1. The van der Waals surface area contributed by atoms with E-state index < -0.39 is 0 Å². The summed E-state index contributed by atoms with van der Waals surface area (Å²) in [5.74, 6) is 0.564. The van der Waals surface area contributed by atoms with Crippen molar-refractivity contribution in [3.05, 3.63) is 23.0 Å². The van der Waals surface area contributed by atoms with E-state index in [0.717, 1.165) is 12.1 Å². The minimum atomic E-state index is 0. The van der Waals surface area contributed by atoms with Crippen molar-refractivity contribution < 1.29 is 0 Å². The molecule has 0 saturated carbocycles. The maximum Gasteiger partial charge on any atom is 0.176 e. The van der Waals surface area contributed by atoms with E-state index in [9.17, 15) is 0 Å². The molecule has 5 nitrogen and oxygen atoms in total. The van der Waals surface area contributed by atoms with E-state index in [-0.39, 0.29) is 6.15 Å². The molecule has 0 amide bonds. The van der Waals surface area contributed by atoms with E-state index in [2.05, 4.69) is 10.1 Å². The Morgan fingerprint density at radius 3 is 2.93 bits per heavy atom. The third kappa shape index (κ3) is 1.51. The van der Waals surface area contributed by atoms with E-state index in [0.29, 0.717) is 16.5 Å². The van der Waals surface area contributed by atoms with Crippen molar-refractivity contribution in [1.82, 2.24) is 20.7 Å². The van der Waals surface area contributed by atoms with Crippen LogP contribution in [-0.2, 0) is 6.42 Å². The summed E-state index contributed by atoms with van der Waals surface area (Å²) in [4.78, 5) is 4.30. The molecule has 0 spiro atoms. The van der Waals surface area contributed by atoms with Crippen molar-refractivity contribution in [3.8, 4) is 0 Å². The van der Waals surface area contributed by atoms with E-state index in [1.807, 2.05) is 6.92 Å². The molecule has 0 aliphatic rings. The second-order valence-corrected chi connectivity index (χ2v) is 3.16. The van der Waals surface area contributed by atoms with Crippen LogP contribution < -0.4 is 11.9 Å². The predicted molar refractivity (Wildman–Crippen MR) is 53.9 cm³/mol. The summed E-state index contributed by atoms with van der Waals surface area (Å²) in [6.07, 6.45) is 2.38. The first-order valence-electron chi connectivity index (χ1n) is 4.01. The van der Waals surface area contributed by atoms with Gasteiger partial charge in [0.15, 0.2) is 5.65 Å². The Kier molecular flexibility index (Phi) is 2.93. The highest BCUT2D eigenvalue weighted by Crippen LogP contribution is 2.17. The number of fused-ring (bicyclic) bond motifs is 1. The molecule has 0 aromatic carbocycles. The van der Waals surface area contributed by atoms with Crippen molar-refractivity contribution >= 4 is 23.1 Å². The molecule has 0 bridgehead atoms. The van der Waals surface area contributed by atoms with Gasteiger partial charge >= 0.3 is 0 Å². The lowest BCUT2D eigenvalue weighted by atomic mass is 10.3. The van der Waals surface area contributed by atoms with Gasteiger partial charge in [0.05, 0.1) is 6.20 Å². The van der Waals surface area contributed by atoms with Crippen molar-refractivity contribution in [3.63, 3.8) is 0 Å². The Morgan fingerprint density at radius 1 is 1.57 bits per heavy atom. The molecule has 2 heterocycles. The molecule has 0 unspecified atom stereocenters. The Labute approximate surface area is 86.5 Å². The van der Waals surface area contributed by atoms with Gasteiger partial charge in [-0.05, 0) is 6.42 Å². The van der Waals surface area contributed by atoms with Crippen LogP contribution in [0.1, 0.15) is 12.6 Å². The van der Waals surface area contributed by atoms with Crippen molar-refractivity contribution in [2.45, 2.75) is 13.3 Å². The highest BCUT2D eigenvalue weighted by Gasteiger charge is 2.06. The van der Waals surface area contributed by atoms with Crippen LogP contribution in [0.4, 0.5) is 5.82 Å². The number of nitrogen functional groups attached to an aromatic ring is 1. The monoisotopic (exact) mass is 210 g/mol. The van der Waals surface area contributed by atoms with Gasteiger partial charge in [-0.2, -0.15) is 9.61 Å². The number of nitrogens with zero attached hydrogens (tertiary/aromatic N) is 4. The third-order valence-corrected chi connectivity index (χ3v) is 2.14. The van der Waals surface area contributed by atoms with Crippen LogP contribution >= 0.6 is 11.6 Å². The summed E-state index contributed by atoms with van der Waals surface area (Å²) < 4.78 is 1.53. The zero-order chi connectivity index (χ0) is 9.42. The number of nitrogens with two attached hydrogens (primary N) is 1. The van der Waals surface area contributed by atoms with Crippen LogP contribution in [0.3, 0.4) is 0 Å². The van der Waals surface area contributed by atoms with E-state index in [1.54, 1.807) is 12.3 Å². The van der Waals surface area contributed by atoms with Crippen molar-refractivity contribution in [1.29, 1.82) is 0 Å². The Morgan fingerprint density at radius 2 is 2.29 bits per heavy atom. The fourth-order valence-electron chi connectivity index (χ4n) is 1.19. The molecule has 2 aromatic heterocycles. The Bertz CT molecular complexity index is 450. The number of aromatic nitrogens is 3. The number of halogens is 1. The lowest BCUT2D eigenvalue weighted by molar-refractivity contribution is 0.924. The van der Waals surface area contributed by atoms with Crippen LogP contribution in [0.25, 0.3) is 5.65 Å². The van der Waals surface area contributed by atoms with Gasteiger partial charge < -0.3 is 5.73 Å². The molecule has 2 N–H and O–H groups in total. The average molecular weight is 211 g/mol. The van der Waals surface area contributed by atoms with E-state index in [4.69, 9.17) is 17.3 Å². The smallest absolute Gasteiger partial charge is 0.176 e. The standard InChI is InChI=1S/C8H9ClN4.N/c1-2-5-3-7(10)13-8(12-5)6(9)4-11-13;/h3-4H,2,10H2,1H3;. The molecule has 0 aliphatic heterocycles. The number of rotatable bonds is 1. The summed E-state index contributed by atoms with van der Waals surface area (Å²) >= 11 is 5.87. The maximum absolute atomic E-state index is 5.87. The predicted octanol–water partition coefficient (Wildman–Crippen LogP) is 1.05. The maximum atomic E-state index is 5.87. The van der Waals surface area contributed by atoms with Crippen molar-refractivity contribution in [2.75, 3.05) is 5.73 Å². The largest absolute Gasteiger partial charge is 0.384 e. The summed E-state index contributed by atoms with van der Waals surface area (Å²) in [7, 11) is 0. The topological polar surface area (TPSA) is 86.7 Å². The molecule has 73 valence electrons. The van der Waals surface area contributed by atoms with Crippen LogP contribution in [0.2, 0.25) is 5.02 Å². The highest BCUT2D eigenvalue weighted by molar-refractivity contribution is 6.33. The molecule has 6 heteroatoms. The molecule has 3 radical (unpaired) electrons. The zero-order valence-corrected chi connectivity index (χ0v) is 8.36. The summed E-state index contributed by atoms with van der Waals surface area (Å²) in [5, 5.41) is 4.52. The van der Waals surface area contributed by atoms with Crippen LogP contribution in [0.5, 0.6) is 0 Å².